The van der Waals surface area contributed by atoms with E-state index in [2.05, 4.69) is 23.7 Å². The second-order valence-electron chi connectivity index (χ2n) is 7.50. The van der Waals surface area contributed by atoms with E-state index in [1.54, 1.807) is 17.4 Å². The Morgan fingerprint density at radius 3 is 2.52 bits per heavy atom. The topological polar surface area (TPSA) is 80.9 Å². The lowest BCUT2D eigenvalue weighted by atomic mass is 9.98. The molecule has 0 amide bonds. The smallest absolute Gasteiger partial charge is 0.309 e. The van der Waals surface area contributed by atoms with Gasteiger partial charge in [-0.3, -0.25) is 14.8 Å². The molecule has 0 saturated heterocycles. The van der Waals surface area contributed by atoms with Crippen LogP contribution in [0, 0.1) is 32.1 Å². The van der Waals surface area contributed by atoms with E-state index in [0.29, 0.717) is 24.4 Å². The normalized spacial score (nSPS) is 11.9. The maximum Gasteiger partial charge on any atom is 0.309 e. The van der Waals surface area contributed by atoms with E-state index in [0.717, 1.165) is 38.0 Å². The van der Waals surface area contributed by atoms with Gasteiger partial charge < -0.3 is 4.74 Å². The molecule has 0 aliphatic rings. The van der Waals surface area contributed by atoms with Crippen LogP contribution in [0.4, 0.5) is 0 Å². The molecule has 1 N–H and O–H groups in total. The van der Waals surface area contributed by atoms with Gasteiger partial charge in [0.2, 0.25) is 0 Å². The van der Waals surface area contributed by atoms with Crippen molar-refractivity contribution in [2.75, 3.05) is 7.11 Å². The number of thiophene rings is 1. The van der Waals surface area contributed by atoms with Gasteiger partial charge in [0.05, 0.1) is 18.7 Å². The summed E-state index contributed by atoms with van der Waals surface area (Å²) in [7, 11) is 1.41. The van der Waals surface area contributed by atoms with Crippen molar-refractivity contribution in [2.45, 2.75) is 40.5 Å². The maximum absolute atomic E-state index is 12.2. The second-order valence-corrected chi connectivity index (χ2v) is 8.70. The summed E-state index contributed by atoms with van der Waals surface area (Å²) >= 11 is 1.62. The number of rotatable bonds is 8. The van der Waals surface area contributed by atoms with Gasteiger partial charge in [0.25, 0.3) is 0 Å². The number of aryl methyl sites for hydroxylation is 2. The van der Waals surface area contributed by atoms with Crippen LogP contribution < -0.4 is 0 Å². The predicted octanol–water partition coefficient (Wildman–Crippen LogP) is 5.05. The minimum Gasteiger partial charge on any atom is -0.469 e. The van der Waals surface area contributed by atoms with E-state index >= 15 is 0 Å². The Balaban J connectivity index is 2.10. The van der Waals surface area contributed by atoms with E-state index in [-0.39, 0.29) is 11.9 Å². The fourth-order valence-electron chi connectivity index (χ4n) is 3.58. The number of benzene rings is 1. The van der Waals surface area contributed by atoms with E-state index < -0.39 is 0 Å². The molecule has 2 heterocycles. The molecule has 0 fully saturated rings. The molecule has 0 saturated carbocycles. The van der Waals surface area contributed by atoms with Gasteiger partial charge >= 0.3 is 5.97 Å². The molecule has 3 rings (SSSR count). The van der Waals surface area contributed by atoms with Crippen molar-refractivity contribution >= 4 is 29.1 Å². The molecule has 3 aromatic rings. The van der Waals surface area contributed by atoms with Crippen LogP contribution in [0.15, 0.2) is 30.8 Å². The number of ether oxygens (including phenoxy) is 1. The molecule has 0 aliphatic heterocycles. The molecule has 0 bridgehead atoms. The summed E-state index contributed by atoms with van der Waals surface area (Å²) in [4.78, 5) is 13.3. The third kappa shape index (κ3) is 4.37. The van der Waals surface area contributed by atoms with E-state index in [1.807, 2.05) is 49.6 Å². The number of nitrogens with one attached hydrogen (secondary N) is 1. The largest absolute Gasteiger partial charge is 0.469 e. The summed E-state index contributed by atoms with van der Waals surface area (Å²) in [6.45, 7) is 11.8. The Hall–Kier alpha value is -3.06. The summed E-state index contributed by atoms with van der Waals surface area (Å²) in [6, 6.07) is 7.81. The quantitative estimate of drug-likeness (QED) is 0.395. The number of hydrogen-bond acceptors (Lipinski definition) is 6. The van der Waals surface area contributed by atoms with Crippen molar-refractivity contribution in [3.63, 3.8) is 0 Å². The fourth-order valence-corrected chi connectivity index (χ4v) is 4.81. The van der Waals surface area contributed by atoms with Crippen LogP contribution in [0.5, 0.6) is 0 Å². The van der Waals surface area contributed by atoms with Crippen LogP contribution in [0.3, 0.4) is 0 Å². The predicted molar refractivity (Wildman–Crippen MR) is 125 cm³/mol. The second kappa shape index (κ2) is 9.39. The molecule has 1 aromatic carbocycles. The number of aromatic nitrogens is 3. The monoisotopic (exact) mass is 436 g/mol. The Bertz CT molecular complexity index is 1130. The lowest BCUT2D eigenvalue weighted by Crippen LogP contribution is -2.20. The highest BCUT2D eigenvalue weighted by Crippen LogP contribution is 2.34. The van der Waals surface area contributed by atoms with Gasteiger partial charge in [-0.05, 0) is 38.3 Å². The third-order valence-electron chi connectivity index (χ3n) is 5.60. The summed E-state index contributed by atoms with van der Waals surface area (Å²) in [5, 5.41) is 18.5. The van der Waals surface area contributed by atoms with E-state index in [1.165, 1.54) is 7.11 Å². The van der Waals surface area contributed by atoms with Crippen LogP contribution in [-0.4, -0.2) is 33.6 Å². The van der Waals surface area contributed by atoms with Gasteiger partial charge in [-0.1, -0.05) is 43.8 Å². The van der Waals surface area contributed by atoms with E-state index in [4.69, 9.17) is 10.1 Å². The van der Waals surface area contributed by atoms with Crippen molar-refractivity contribution < 1.29 is 9.53 Å². The highest BCUT2D eigenvalue weighted by atomic mass is 32.1. The van der Waals surface area contributed by atoms with E-state index in [9.17, 15) is 4.79 Å². The highest BCUT2D eigenvalue weighted by molar-refractivity contribution is 7.15. The minimum absolute atomic E-state index is 0.247. The first kappa shape index (κ1) is 22.6. The number of nitrogens with zero attached hydrogens (tertiary/aromatic N) is 3. The fraction of sp³-hybridized carbons (Fsp3) is 0.333. The Morgan fingerprint density at radius 2 is 1.94 bits per heavy atom. The van der Waals surface area contributed by atoms with Gasteiger partial charge in [-0.25, -0.2) is 0 Å². The number of esters is 1. The van der Waals surface area contributed by atoms with Crippen LogP contribution in [0.1, 0.15) is 52.1 Å². The standard InChI is InChI=1S/C24H28N4O2S/c1-7-17-9-11-19(12-10-17)22(25)21-14(3)15(4)31-23(21)28-16(5)26-27-20(28)13-18(8-2)24(29)30-6/h7,9-12,18,25H,1,8,13H2,2-6H3/t18-/m1/s1. The highest BCUT2D eigenvalue weighted by Gasteiger charge is 2.26. The SMILES string of the molecule is C=Cc1ccc(C(=N)c2c(-n3c(C)nnc3C[C@@H](CC)C(=O)OC)sc(C)c2C)cc1. The average molecular weight is 437 g/mol. The van der Waals surface area contributed by atoms with Crippen molar-refractivity contribution in [1.82, 2.24) is 14.8 Å². The summed E-state index contributed by atoms with van der Waals surface area (Å²) in [5.41, 5.74) is 4.23. The van der Waals surface area contributed by atoms with Crippen molar-refractivity contribution in [3.8, 4) is 5.00 Å². The lowest BCUT2D eigenvalue weighted by molar-refractivity contribution is -0.145. The lowest BCUT2D eigenvalue weighted by Gasteiger charge is -2.15. The molecule has 1 atom stereocenters. The molecule has 0 aliphatic carbocycles. The van der Waals surface area contributed by atoms with Gasteiger partial charge in [-0.2, -0.15) is 0 Å². The summed E-state index contributed by atoms with van der Waals surface area (Å²) < 4.78 is 6.94. The molecule has 7 heteroatoms. The molecule has 0 radical (unpaired) electrons. The van der Waals surface area contributed by atoms with Gasteiger partial charge in [0.1, 0.15) is 16.6 Å². The van der Waals surface area contributed by atoms with Gasteiger partial charge in [0.15, 0.2) is 0 Å². The Kier molecular flexibility index (Phi) is 6.85. The zero-order valence-electron chi connectivity index (χ0n) is 18.7. The molecule has 2 aromatic heterocycles. The van der Waals surface area contributed by atoms with Gasteiger partial charge in [-0.15, -0.1) is 21.5 Å². The van der Waals surface area contributed by atoms with Crippen LogP contribution in [0.2, 0.25) is 0 Å². The van der Waals surface area contributed by atoms with Crippen LogP contribution in [0.25, 0.3) is 11.1 Å². The van der Waals surface area contributed by atoms with Crippen molar-refractivity contribution in [2.24, 2.45) is 5.92 Å². The zero-order valence-corrected chi connectivity index (χ0v) is 19.5. The Labute approximate surface area is 187 Å². The molecule has 0 spiro atoms. The molecule has 31 heavy (non-hydrogen) atoms. The average Bonchev–Trinajstić information content (AvgIpc) is 3.29. The summed E-state index contributed by atoms with van der Waals surface area (Å²) in [6.07, 6.45) is 2.87. The first-order chi connectivity index (χ1) is 14.8. The number of carbonyl (C=O) groups excluding carboxylic acids is 1. The third-order valence-corrected chi connectivity index (χ3v) is 6.80. The molecular weight excluding hydrogens is 408 g/mol. The minimum atomic E-state index is -0.288. The zero-order chi connectivity index (χ0) is 22.7. The summed E-state index contributed by atoms with van der Waals surface area (Å²) in [5.74, 6) is 0.895. The first-order valence-corrected chi connectivity index (χ1v) is 11.0. The Morgan fingerprint density at radius 1 is 1.26 bits per heavy atom. The molecule has 0 unspecified atom stereocenters. The van der Waals surface area contributed by atoms with Crippen LogP contribution in [-0.2, 0) is 16.0 Å². The van der Waals surface area contributed by atoms with Gasteiger partial charge in [0, 0.05) is 22.4 Å². The molecule has 162 valence electrons. The van der Waals surface area contributed by atoms with Crippen molar-refractivity contribution in [1.29, 1.82) is 5.41 Å². The number of hydrogen-bond donors (Lipinski definition) is 1. The van der Waals surface area contributed by atoms with Crippen molar-refractivity contribution in [3.05, 3.63) is 69.6 Å². The maximum atomic E-state index is 12.2. The molecule has 6 nitrogen and oxygen atoms in total. The molecular formula is C24H28N4O2S. The number of methoxy groups -OCH3 is 1. The number of carbonyl (C=O) groups is 1. The first-order valence-electron chi connectivity index (χ1n) is 10.2. The van der Waals surface area contributed by atoms with Crippen LogP contribution >= 0.6 is 11.3 Å².